The number of carbonyl (C=O) groups excluding carboxylic acids is 1. The molecule has 2 nitrogen and oxygen atoms in total. The minimum absolute atomic E-state index is 0.0559. The van der Waals surface area contributed by atoms with E-state index in [1.165, 1.54) is 4.46 Å². The van der Waals surface area contributed by atoms with Crippen molar-refractivity contribution in [3.05, 3.63) is 90.5 Å². The summed E-state index contributed by atoms with van der Waals surface area (Å²) in [5, 5.41) is 2.96. The zero-order valence-corrected chi connectivity index (χ0v) is 13.6. The van der Waals surface area contributed by atoms with Gasteiger partial charge >= 0.3 is 136 Å². The number of rotatable bonds is 4. The molecule has 0 radical (unpaired) electrons. The molecule has 1 N–H and O–H groups in total. The first-order valence-electron chi connectivity index (χ1n) is 7.01. The summed E-state index contributed by atoms with van der Waals surface area (Å²) in [5.74, 6) is -0.0559. The first kappa shape index (κ1) is 14.6. The van der Waals surface area contributed by atoms with Crippen molar-refractivity contribution in [2.24, 2.45) is 0 Å². The molecular weight excluding hydrogens is 337 g/mol. The van der Waals surface area contributed by atoms with Gasteiger partial charge in [-0.05, 0) is 0 Å². The standard InChI is InChI=1S/C19H15NOSe/c21-19(20-15-9-3-1-4-10-15)17-13-7-8-14-18(17)22-16-11-5-2-6-12-16/h1-14H,(H,20,21). The van der Waals surface area contributed by atoms with Crippen molar-refractivity contribution in [1.29, 1.82) is 0 Å². The van der Waals surface area contributed by atoms with Crippen LogP contribution in [-0.2, 0) is 0 Å². The summed E-state index contributed by atoms with van der Waals surface area (Å²) in [6.45, 7) is 0. The van der Waals surface area contributed by atoms with Crippen molar-refractivity contribution in [2.45, 2.75) is 0 Å². The molecule has 3 rings (SSSR count). The Balaban J connectivity index is 1.83. The van der Waals surface area contributed by atoms with Crippen molar-refractivity contribution >= 4 is 35.5 Å². The van der Waals surface area contributed by atoms with Crippen LogP contribution in [0.2, 0.25) is 0 Å². The van der Waals surface area contributed by atoms with Gasteiger partial charge in [0, 0.05) is 0 Å². The molecule has 0 aliphatic carbocycles. The van der Waals surface area contributed by atoms with Crippen molar-refractivity contribution in [3.8, 4) is 0 Å². The molecule has 3 aromatic rings. The molecule has 108 valence electrons. The first-order valence-corrected chi connectivity index (χ1v) is 8.72. The zero-order valence-electron chi connectivity index (χ0n) is 11.9. The molecular formula is C19H15NOSe. The number of para-hydroxylation sites is 1. The predicted molar refractivity (Wildman–Crippen MR) is 92.3 cm³/mol. The van der Waals surface area contributed by atoms with Crippen LogP contribution in [0.15, 0.2) is 84.9 Å². The van der Waals surface area contributed by atoms with E-state index in [9.17, 15) is 4.79 Å². The van der Waals surface area contributed by atoms with Crippen LogP contribution in [-0.4, -0.2) is 20.9 Å². The van der Waals surface area contributed by atoms with Gasteiger partial charge in [0.2, 0.25) is 0 Å². The summed E-state index contributed by atoms with van der Waals surface area (Å²) >= 11 is 0.117. The van der Waals surface area contributed by atoms with Gasteiger partial charge < -0.3 is 0 Å². The normalized spacial score (nSPS) is 10.2. The van der Waals surface area contributed by atoms with Crippen LogP contribution in [0.25, 0.3) is 0 Å². The van der Waals surface area contributed by atoms with Crippen molar-refractivity contribution in [3.63, 3.8) is 0 Å². The van der Waals surface area contributed by atoms with E-state index < -0.39 is 0 Å². The second kappa shape index (κ2) is 7.08. The Morgan fingerprint density at radius 2 is 1.32 bits per heavy atom. The van der Waals surface area contributed by atoms with E-state index in [0.29, 0.717) is 0 Å². The molecule has 0 unspecified atom stereocenters. The summed E-state index contributed by atoms with van der Waals surface area (Å²) < 4.78 is 2.35. The number of carbonyl (C=O) groups is 1. The van der Waals surface area contributed by atoms with Crippen molar-refractivity contribution in [1.82, 2.24) is 0 Å². The SMILES string of the molecule is O=C(Nc1ccccc1)c1ccccc1[Se]c1ccccc1. The molecule has 0 saturated carbocycles. The number of hydrogen-bond donors (Lipinski definition) is 1. The first-order chi connectivity index (χ1) is 10.8. The molecule has 1 amide bonds. The van der Waals surface area contributed by atoms with E-state index in [0.717, 1.165) is 15.7 Å². The molecule has 0 aliphatic heterocycles. The van der Waals surface area contributed by atoms with Crippen LogP contribution in [0, 0.1) is 0 Å². The molecule has 0 aromatic heterocycles. The van der Waals surface area contributed by atoms with Gasteiger partial charge in [0.25, 0.3) is 0 Å². The Bertz CT molecular complexity index is 757. The van der Waals surface area contributed by atoms with Crippen LogP contribution in [0.5, 0.6) is 0 Å². The molecule has 22 heavy (non-hydrogen) atoms. The van der Waals surface area contributed by atoms with Crippen LogP contribution < -0.4 is 14.2 Å². The maximum absolute atomic E-state index is 12.5. The molecule has 3 heteroatoms. The average Bonchev–Trinajstić information content (AvgIpc) is 2.57. The van der Waals surface area contributed by atoms with Gasteiger partial charge in [-0.2, -0.15) is 0 Å². The number of amides is 1. The van der Waals surface area contributed by atoms with Gasteiger partial charge in [-0.3, -0.25) is 0 Å². The van der Waals surface area contributed by atoms with Crippen LogP contribution in [0.3, 0.4) is 0 Å². The Hall–Kier alpha value is -2.35. The molecule has 0 fully saturated rings. The van der Waals surface area contributed by atoms with Crippen molar-refractivity contribution < 1.29 is 4.79 Å². The summed E-state index contributed by atoms with van der Waals surface area (Å²) in [7, 11) is 0. The molecule has 0 heterocycles. The summed E-state index contributed by atoms with van der Waals surface area (Å²) in [6, 6.07) is 27.6. The van der Waals surface area contributed by atoms with E-state index >= 15 is 0 Å². The van der Waals surface area contributed by atoms with Crippen molar-refractivity contribution in [2.75, 3.05) is 5.32 Å². The van der Waals surface area contributed by atoms with E-state index in [1.54, 1.807) is 0 Å². The Morgan fingerprint density at radius 1 is 0.727 bits per heavy atom. The number of benzene rings is 3. The van der Waals surface area contributed by atoms with Gasteiger partial charge in [-0.1, -0.05) is 0 Å². The van der Waals surface area contributed by atoms with Gasteiger partial charge in [-0.15, -0.1) is 0 Å². The third kappa shape index (κ3) is 3.64. The van der Waals surface area contributed by atoms with Crippen LogP contribution in [0.1, 0.15) is 10.4 Å². The molecule has 0 saturated heterocycles. The third-order valence-electron chi connectivity index (χ3n) is 3.13. The van der Waals surface area contributed by atoms with Gasteiger partial charge in [0.05, 0.1) is 0 Å². The molecule has 0 spiro atoms. The number of anilines is 1. The molecule has 0 bridgehead atoms. The topological polar surface area (TPSA) is 29.1 Å². The summed E-state index contributed by atoms with van der Waals surface area (Å²) in [4.78, 5) is 12.5. The van der Waals surface area contributed by atoms with Crippen LogP contribution in [0.4, 0.5) is 5.69 Å². The second-order valence-electron chi connectivity index (χ2n) is 4.73. The second-order valence-corrected chi connectivity index (χ2v) is 7.07. The summed E-state index contributed by atoms with van der Waals surface area (Å²) in [5.41, 5.74) is 1.56. The monoisotopic (exact) mass is 353 g/mol. The Morgan fingerprint density at radius 3 is 2.05 bits per heavy atom. The number of hydrogen-bond acceptors (Lipinski definition) is 1. The number of nitrogens with one attached hydrogen (secondary N) is 1. The van der Waals surface area contributed by atoms with Gasteiger partial charge in [0.15, 0.2) is 0 Å². The molecule has 3 aromatic carbocycles. The molecule has 0 aliphatic rings. The van der Waals surface area contributed by atoms with Gasteiger partial charge in [0.1, 0.15) is 0 Å². The van der Waals surface area contributed by atoms with E-state index in [-0.39, 0.29) is 20.9 Å². The van der Waals surface area contributed by atoms with E-state index in [2.05, 4.69) is 17.4 Å². The van der Waals surface area contributed by atoms with Gasteiger partial charge in [-0.25, -0.2) is 0 Å². The third-order valence-corrected chi connectivity index (χ3v) is 5.41. The minimum atomic E-state index is -0.0559. The van der Waals surface area contributed by atoms with E-state index in [4.69, 9.17) is 0 Å². The molecule has 0 atom stereocenters. The van der Waals surface area contributed by atoms with E-state index in [1.807, 2.05) is 72.8 Å². The Kier molecular flexibility index (Phi) is 4.69. The summed E-state index contributed by atoms with van der Waals surface area (Å²) in [6.07, 6.45) is 0. The predicted octanol–water partition coefficient (Wildman–Crippen LogP) is 2.59. The van der Waals surface area contributed by atoms with Crippen LogP contribution >= 0.6 is 0 Å². The fraction of sp³-hybridized carbons (Fsp3) is 0. The fourth-order valence-electron chi connectivity index (χ4n) is 2.08. The average molecular weight is 352 g/mol. The zero-order chi connectivity index (χ0) is 15.2. The quantitative estimate of drug-likeness (QED) is 0.719. The maximum atomic E-state index is 12.5. The fourth-order valence-corrected chi connectivity index (χ4v) is 4.10. The Labute approximate surface area is 136 Å².